The number of pyridine rings is 1. The van der Waals surface area contributed by atoms with E-state index in [-0.39, 0.29) is 18.1 Å². The van der Waals surface area contributed by atoms with Crippen LogP contribution in [0.15, 0.2) is 42.6 Å². The predicted molar refractivity (Wildman–Crippen MR) is 128 cm³/mol. The molecule has 4 rings (SSSR count). The van der Waals surface area contributed by atoms with Crippen LogP contribution in [0.5, 0.6) is 0 Å². The highest BCUT2D eigenvalue weighted by atomic mass is 16.6. The van der Waals surface area contributed by atoms with Crippen LogP contribution in [0.3, 0.4) is 0 Å². The van der Waals surface area contributed by atoms with Crippen molar-refractivity contribution in [2.24, 2.45) is 0 Å². The lowest BCUT2D eigenvalue weighted by Gasteiger charge is -2.27. The van der Waals surface area contributed by atoms with Crippen LogP contribution in [0.1, 0.15) is 69.2 Å². The zero-order chi connectivity index (χ0) is 23.4. The smallest absolute Gasteiger partial charge is 0.407 e. The van der Waals surface area contributed by atoms with Crippen LogP contribution in [-0.2, 0) is 17.6 Å². The van der Waals surface area contributed by atoms with E-state index in [1.54, 1.807) is 6.20 Å². The maximum Gasteiger partial charge on any atom is 0.407 e. The largest absolute Gasteiger partial charge is 0.444 e. The number of urea groups is 1. The van der Waals surface area contributed by atoms with Gasteiger partial charge in [-0.2, -0.15) is 0 Å². The molecule has 33 heavy (non-hydrogen) atoms. The molecule has 0 radical (unpaired) electrons. The van der Waals surface area contributed by atoms with Gasteiger partial charge in [-0.1, -0.05) is 36.8 Å². The van der Waals surface area contributed by atoms with Gasteiger partial charge in [0.1, 0.15) is 5.60 Å². The third-order valence-corrected chi connectivity index (χ3v) is 6.29. The van der Waals surface area contributed by atoms with Gasteiger partial charge in [-0.3, -0.25) is 4.98 Å². The molecule has 2 aliphatic carbocycles. The Balaban J connectivity index is 1.34. The Labute approximate surface area is 195 Å². The average Bonchev–Trinajstić information content (AvgIpc) is 3.20. The molecule has 2 aromatic rings. The van der Waals surface area contributed by atoms with E-state index in [1.807, 2.05) is 32.9 Å². The molecule has 3 N–H and O–H groups in total. The predicted octanol–water partition coefficient (Wildman–Crippen LogP) is 4.92. The molecule has 2 aliphatic rings. The molecular formula is C26H34N4O3. The van der Waals surface area contributed by atoms with Crippen molar-refractivity contribution in [3.63, 3.8) is 0 Å². The number of hydrogen-bond acceptors (Lipinski definition) is 4. The van der Waals surface area contributed by atoms with Crippen molar-refractivity contribution in [2.75, 3.05) is 5.32 Å². The molecule has 3 atom stereocenters. The highest BCUT2D eigenvalue weighted by Crippen LogP contribution is 2.34. The molecule has 7 heteroatoms. The second kappa shape index (κ2) is 9.81. The first kappa shape index (κ1) is 23.1. The summed E-state index contributed by atoms with van der Waals surface area (Å²) >= 11 is 0. The molecule has 1 aromatic heterocycles. The quantitative estimate of drug-likeness (QED) is 0.616. The molecular weight excluding hydrogens is 416 g/mol. The molecule has 0 aliphatic heterocycles. The molecule has 1 aromatic carbocycles. The van der Waals surface area contributed by atoms with Gasteiger partial charge in [-0.15, -0.1) is 0 Å². The lowest BCUT2D eigenvalue weighted by Crippen LogP contribution is -2.42. The Kier molecular flexibility index (Phi) is 6.86. The molecule has 7 nitrogen and oxygen atoms in total. The number of benzene rings is 1. The Hall–Kier alpha value is -3.09. The number of nitrogens with zero attached hydrogens (tertiary/aromatic N) is 1. The minimum Gasteiger partial charge on any atom is -0.444 e. The number of rotatable bonds is 4. The summed E-state index contributed by atoms with van der Waals surface area (Å²) in [7, 11) is 0. The minimum absolute atomic E-state index is 0.0108. The fourth-order valence-corrected chi connectivity index (χ4v) is 4.85. The number of hydrogen-bond donors (Lipinski definition) is 3. The minimum atomic E-state index is -0.526. The van der Waals surface area contributed by atoms with Crippen LogP contribution in [0, 0.1) is 0 Å². The van der Waals surface area contributed by atoms with Crippen molar-refractivity contribution in [3.05, 3.63) is 59.4 Å². The molecule has 0 saturated heterocycles. The van der Waals surface area contributed by atoms with E-state index in [2.05, 4.69) is 45.2 Å². The second-order valence-corrected chi connectivity index (χ2v) is 10.1. The van der Waals surface area contributed by atoms with E-state index in [0.717, 1.165) is 43.4 Å². The summed E-state index contributed by atoms with van der Waals surface area (Å²) in [6, 6.07) is 12.3. The highest BCUT2D eigenvalue weighted by Gasteiger charge is 2.30. The summed E-state index contributed by atoms with van der Waals surface area (Å²) in [6.07, 6.45) is 6.74. The maximum absolute atomic E-state index is 12.7. The molecule has 1 saturated carbocycles. The first-order valence-electron chi connectivity index (χ1n) is 11.9. The number of ether oxygens (including phenoxy) is 1. The number of amides is 3. The van der Waals surface area contributed by atoms with E-state index in [4.69, 9.17) is 4.74 Å². The van der Waals surface area contributed by atoms with Gasteiger partial charge >= 0.3 is 12.1 Å². The average molecular weight is 451 g/mol. The van der Waals surface area contributed by atoms with E-state index >= 15 is 0 Å². The Bertz CT molecular complexity index is 987. The molecule has 0 spiro atoms. The molecule has 1 heterocycles. The van der Waals surface area contributed by atoms with Crippen molar-refractivity contribution in [1.82, 2.24) is 15.6 Å². The number of nitrogens with one attached hydrogen (secondary N) is 3. The summed E-state index contributed by atoms with van der Waals surface area (Å²) in [5.41, 5.74) is 3.48. The van der Waals surface area contributed by atoms with Crippen LogP contribution >= 0.6 is 0 Å². The third-order valence-electron chi connectivity index (χ3n) is 6.29. The van der Waals surface area contributed by atoms with Gasteiger partial charge in [0.05, 0.1) is 11.9 Å². The Morgan fingerprint density at radius 2 is 1.85 bits per heavy atom. The van der Waals surface area contributed by atoms with Gasteiger partial charge in [-0.25, -0.2) is 9.59 Å². The molecule has 176 valence electrons. The van der Waals surface area contributed by atoms with Crippen molar-refractivity contribution in [1.29, 1.82) is 0 Å². The fourth-order valence-electron chi connectivity index (χ4n) is 4.85. The van der Waals surface area contributed by atoms with Crippen molar-refractivity contribution in [2.45, 2.75) is 82.9 Å². The van der Waals surface area contributed by atoms with Gasteiger partial charge in [0.25, 0.3) is 0 Å². The third kappa shape index (κ3) is 6.24. The van der Waals surface area contributed by atoms with Crippen LogP contribution in [-0.4, -0.2) is 34.8 Å². The number of alkyl carbamates (subject to hydrolysis) is 1. The summed E-state index contributed by atoms with van der Waals surface area (Å²) in [5, 5.41) is 9.07. The lowest BCUT2D eigenvalue weighted by atomic mass is 9.91. The van der Waals surface area contributed by atoms with Crippen molar-refractivity contribution >= 4 is 17.8 Å². The monoisotopic (exact) mass is 450 g/mol. The number of carbonyl (C=O) groups is 2. The second-order valence-electron chi connectivity index (χ2n) is 10.1. The SMILES string of the molecule is CC(C)(C)OC(=O)NC1CCc2ncc(NC(=O)N[C@@H]3CCC[C@@H]3c3ccccc3)cc2C1. The fraction of sp³-hybridized carbons (Fsp3) is 0.500. The first-order valence-corrected chi connectivity index (χ1v) is 11.9. The number of anilines is 1. The zero-order valence-electron chi connectivity index (χ0n) is 19.7. The molecule has 1 fully saturated rings. The van der Waals surface area contributed by atoms with Crippen LogP contribution in [0.25, 0.3) is 0 Å². The number of carbonyl (C=O) groups excluding carboxylic acids is 2. The topological polar surface area (TPSA) is 92.3 Å². The molecule has 1 unspecified atom stereocenters. The number of fused-ring (bicyclic) bond motifs is 1. The van der Waals surface area contributed by atoms with E-state index in [1.165, 1.54) is 5.56 Å². The van der Waals surface area contributed by atoms with E-state index in [9.17, 15) is 9.59 Å². The summed E-state index contributed by atoms with van der Waals surface area (Å²) in [6.45, 7) is 5.55. The highest BCUT2D eigenvalue weighted by molar-refractivity contribution is 5.89. The van der Waals surface area contributed by atoms with Gasteiger partial charge < -0.3 is 20.7 Å². The van der Waals surface area contributed by atoms with Crippen LogP contribution < -0.4 is 16.0 Å². The normalized spacial score (nSPS) is 22.2. The zero-order valence-corrected chi connectivity index (χ0v) is 19.7. The molecule has 3 amide bonds. The van der Waals surface area contributed by atoms with E-state index < -0.39 is 11.7 Å². The Morgan fingerprint density at radius 1 is 1.06 bits per heavy atom. The summed E-state index contributed by atoms with van der Waals surface area (Å²) in [5.74, 6) is 0.346. The number of aryl methyl sites for hydroxylation is 1. The standard InChI is InChI=1S/C26H34N4O3/c1-26(2,3)33-25(32)29-19-12-13-22-18(14-19)15-20(16-27-22)28-24(31)30-23-11-7-10-21(23)17-8-5-4-6-9-17/h4-6,8-9,15-16,19,21,23H,7,10-14H2,1-3H3,(H,29,32)(H2,28,30,31)/t19?,21-,23-/m1/s1. The number of aromatic nitrogens is 1. The van der Waals surface area contributed by atoms with Gasteiger partial charge in [-0.05, 0) is 70.1 Å². The maximum atomic E-state index is 12.7. The molecule has 0 bridgehead atoms. The van der Waals surface area contributed by atoms with Crippen LogP contribution in [0.4, 0.5) is 15.3 Å². The first-order chi connectivity index (χ1) is 15.8. The van der Waals surface area contributed by atoms with Gasteiger partial charge in [0, 0.05) is 23.7 Å². The van der Waals surface area contributed by atoms with Crippen molar-refractivity contribution < 1.29 is 14.3 Å². The van der Waals surface area contributed by atoms with E-state index in [0.29, 0.717) is 18.0 Å². The van der Waals surface area contributed by atoms with Gasteiger partial charge in [0.15, 0.2) is 0 Å². The van der Waals surface area contributed by atoms with Gasteiger partial charge in [0.2, 0.25) is 0 Å². The van der Waals surface area contributed by atoms with Crippen molar-refractivity contribution in [3.8, 4) is 0 Å². The lowest BCUT2D eigenvalue weighted by molar-refractivity contribution is 0.0500. The van der Waals surface area contributed by atoms with Crippen LogP contribution in [0.2, 0.25) is 0 Å². The summed E-state index contributed by atoms with van der Waals surface area (Å²) in [4.78, 5) is 29.4. The summed E-state index contributed by atoms with van der Waals surface area (Å²) < 4.78 is 5.38. The Morgan fingerprint density at radius 3 is 2.61 bits per heavy atom.